The van der Waals surface area contributed by atoms with Gasteiger partial charge in [0.05, 0.1) is 37.1 Å². The van der Waals surface area contributed by atoms with Gasteiger partial charge in [-0.1, -0.05) is 31.2 Å². The lowest BCUT2D eigenvalue weighted by atomic mass is 9.57. The number of rotatable bonds is 1. The lowest BCUT2D eigenvalue weighted by Crippen LogP contribution is -2.66. The fourth-order valence-corrected chi connectivity index (χ4v) is 8.20. The van der Waals surface area contributed by atoms with E-state index in [9.17, 15) is 10.0 Å². The SMILES string of the molecule is COC(=O)[C@H]1CC23C=CC[N+]4([O-])CCC5(c6ccccc6NC15[C@@H]2C)[C@H]34. The second-order valence-corrected chi connectivity index (χ2v) is 9.04. The Balaban J connectivity index is 1.71. The van der Waals surface area contributed by atoms with Crippen LogP contribution in [0.2, 0.25) is 0 Å². The molecule has 6 rings (SSSR count). The maximum Gasteiger partial charge on any atom is 0.311 e. The molecule has 1 aromatic rings. The first-order chi connectivity index (χ1) is 12.5. The molecule has 1 saturated heterocycles. The second kappa shape index (κ2) is 4.18. The van der Waals surface area contributed by atoms with Gasteiger partial charge in [0.25, 0.3) is 0 Å². The van der Waals surface area contributed by atoms with E-state index in [4.69, 9.17) is 4.74 Å². The summed E-state index contributed by atoms with van der Waals surface area (Å²) in [5.41, 5.74) is 1.42. The molecule has 1 N–H and O–H groups in total. The fraction of sp³-hybridized carbons (Fsp3) is 0.571. The van der Waals surface area contributed by atoms with Gasteiger partial charge < -0.3 is 19.9 Å². The summed E-state index contributed by atoms with van der Waals surface area (Å²) in [4.78, 5) is 12.9. The Bertz CT molecular complexity index is 884. The zero-order valence-corrected chi connectivity index (χ0v) is 15.2. The summed E-state index contributed by atoms with van der Waals surface area (Å²) in [6.45, 7) is 3.44. The van der Waals surface area contributed by atoms with Gasteiger partial charge in [0.1, 0.15) is 6.04 Å². The summed E-state index contributed by atoms with van der Waals surface area (Å²) in [7, 11) is 1.48. The largest absolute Gasteiger partial charge is 0.632 e. The van der Waals surface area contributed by atoms with Crippen LogP contribution in [0.5, 0.6) is 0 Å². The van der Waals surface area contributed by atoms with Crippen LogP contribution in [0.4, 0.5) is 5.69 Å². The Labute approximate surface area is 153 Å². The monoisotopic (exact) mass is 352 g/mol. The van der Waals surface area contributed by atoms with E-state index in [0.29, 0.717) is 19.5 Å². The first kappa shape index (κ1) is 15.2. The molecule has 3 aliphatic heterocycles. The highest BCUT2D eigenvalue weighted by Gasteiger charge is 2.89. The quantitative estimate of drug-likeness (QED) is 0.365. The summed E-state index contributed by atoms with van der Waals surface area (Å²) >= 11 is 0. The Morgan fingerprint density at radius 3 is 3.00 bits per heavy atom. The van der Waals surface area contributed by atoms with Gasteiger partial charge in [-0.25, -0.2) is 0 Å². The third kappa shape index (κ3) is 1.19. The Morgan fingerprint density at radius 2 is 2.19 bits per heavy atom. The van der Waals surface area contributed by atoms with E-state index in [1.807, 2.05) is 6.07 Å². The van der Waals surface area contributed by atoms with E-state index >= 15 is 0 Å². The van der Waals surface area contributed by atoms with Crippen molar-refractivity contribution < 1.29 is 14.2 Å². The molecule has 3 heterocycles. The molecule has 3 fully saturated rings. The zero-order chi connectivity index (χ0) is 17.9. The normalized spacial score (nSPS) is 51.6. The molecule has 136 valence electrons. The van der Waals surface area contributed by atoms with Crippen molar-refractivity contribution in [3.63, 3.8) is 0 Å². The molecule has 26 heavy (non-hydrogen) atoms. The van der Waals surface area contributed by atoms with Gasteiger partial charge in [0, 0.05) is 17.5 Å². The van der Waals surface area contributed by atoms with E-state index in [1.165, 1.54) is 12.7 Å². The molecule has 0 aromatic heterocycles. The number of esters is 1. The number of nitrogens with zero attached hydrogens (tertiary/aromatic N) is 1. The van der Waals surface area contributed by atoms with E-state index in [-0.39, 0.29) is 39.3 Å². The number of hydrogen-bond donors (Lipinski definition) is 1. The maximum atomic E-state index is 13.9. The molecule has 5 nitrogen and oxygen atoms in total. The predicted molar refractivity (Wildman–Crippen MR) is 97.1 cm³/mol. The van der Waals surface area contributed by atoms with Crippen LogP contribution in [-0.2, 0) is 14.9 Å². The number of carbonyl (C=O) groups is 1. The van der Waals surface area contributed by atoms with Gasteiger partial charge in [-0.15, -0.1) is 0 Å². The van der Waals surface area contributed by atoms with Crippen LogP contribution in [0.3, 0.4) is 0 Å². The van der Waals surface area contributed by atoms with Crippen molar-refractivity contribution in [1.29, 1.82) is 0 Å². The van der Waals surface area contributed by atoms with Crippen LogP contribution < -0.4 is 5.32 Å². The highest BCUT2D eigenvalue weighted by molar-refractivity contribution is 5.82. The molecule has 0 amide bonds. The van der Waals surface area contributed by atoms with Crippen LogP contribution in [0.25, 0.3) is 0 Å². The number of ether oxygens (including phenoxy) is 1. The summed E-state index contributed by atoms with van der Waals surface area (Å²) in [5.74, 6) is -0.151. The van der Waals surface area contributed by atoms with E-state index in [0.717, 1.165) is 12.1 Å². The number of para-hydroxylation sites is 1. The van der Waals surface area contributed by atoms with E-state index in [1.54, 1.807) is 0 Å². The topological polar surface area (TPSA) is 61.4 Å². The average molecular weight is 352 g/mol. The molecule has 7 atom stereocenters. The molecule has 5 aliphatic rings. The smallest absolute Gasteiger partial charge is 0.311 e. The van der Waals surface area contributed by atoms with Crippen LogP contribution >= 0.6 is 0 Å². The van der Waals surface area contributed by atoms with Gasteiger partial charge in [0.15, 0.2) is 0 Å². The third-order valence-electron chi connectivity index (χ3n) is 8.74. The van der Waals surface area contributed by atoms with Crippen molar-refractivity contribution in [2.24, 2.45) is 17.3 Å². The lowest BCUT2D eigenvalue weighted by Gasteiger charge is -2.56. The number of fused-ring (bicyclic) bond motifs is 1. The molecule has 1 aromatic carbocycles. The van der Waals surface area contributed by atoms with Crippen molar-refractivity contribution in [1.82, 2.24) is 0 Å². The summed E-state index contributed by atoms with van der Waals surface area (Å²) in [6.07, 6.45) is 5.93. The van der Waals surface area contributed by atoms with Gasteiger partial charge in [0.2, 0.25) is 0 Å². The Kier molecular flexibility index (Phi) is 2.45. The van der Waals surface area contributed by atoms with Crippen LogP contribution in [0.1, 0.15) is 25.3 Å². The first-order valence-corrected chi connectivity index (χ1v) is 9.67. The molecule has 5 heteroatoms. The zero-order valence-electron chi connectivity index (χ0n) is 15.2. The molecule has 2 bridgehead atoms. The third-order valence-corrected chi connectivity index (χ3v) is 8.74. The average Bonchev–Trinajstić information content (AvgIpc) is 3.27. The molecule has 3 spiro atoms. The maximum absolute atomic E-state index is 13.9. The molecule has 2 saturated carbocycles. The van der Waals surface area contributed by atoms with Crippen molar-refractivity contribution in [2.75, 3.05) is 25.5 Å². The minimum atomic E-state index is -0.423. The van der Waals surface area contributed by atoms with Crippen LogP contribution in [0, 0.1) is 22.5 Å². The minimum absolute atomic E-state index is 0.00736. The minimum Gasteiger partial charge on any atom is -0.632 e. The number of methoxy groups -OCH3 is 1. The fourth-order valence-electron chi connectivity index (χ4n) is 8.20. The number of hydrogen-bond acceptors (Lipinski definition) is 4. The molecule has 4 unspecified atom stereocenters. The van der Waals surface area contributed by atoms with Gasteiger partial charge in [-0.2, -0.15) is 0 Å². The highest BCUT2D eigenvalue weighted by Crippen LogP contribution is 2.80. The highest BCUT2D eigenvalue weighted by atomic mass is 16.6. The standard InChI is InChI=1S/C21H24N2O3/c1-13-19-8-5-10-23(25)11-9-20(18(19)23)14-6-3-4-7-16(14)22-21(13,20)15(12-19)17(24)26-2/h3-8,13,15,18,22H,9-12H2,1-2H3/t13-,15-,18+,19?,20?,21?,23?/m1/s1. The van der Waals surface area contributed by atoms with Gasteiger partial charge >= 0.3 is 5.97 Å². The van der Waals surface area contributed by atoms with Gasteiger partial charge in [-0.05, 0) is 30.0 Å². The number of carbonyl (C=O) groups excluding carboxylic acids is 1. The number of quaternary nitrogens is 1. The number of anilines is 1. The summed E-state index contributed by atoms with van der Waals surface area (Å²) in [6, 6.07) is 8.39. The Hall–Kier alpha value is -1.85. The molecule has 0 radical (unpaired) electrons. The summed E-state index contributed by atoms with van der Waals surface area (Å²) < 4.78 is 5.12. The number of benzene rings is 1. The molecular formula is C21H24N2O3. The van der Waals surface area contributed by atoms with Crippen molar-refractivity contribution in [3.05, 3.63) is 47.2 Å². The molecular weight excluding hydrogens is 328 g/mol. The molecule has 2 aliphatic carbocycles. The van der Waals surface area contributed by atoms with Crippen molar-refractivity contribution >= 4 is 11.7 Å². The van der Waals surface area contributed by atoms with E-state index < -0.39 is 5.54 Å². The first-order valence-electron chi connectivity index (χ1n) is 9.67. The lowest BCUT2D eigenvalue weighted by molar-refractivity contribution is -0.897. The number of nitrogens with one attached hydrogen (secondary N) is 1. The van der Waals surface area contributed by atoms with Gasteiger partial charge in [-0.3, -0.25) is 4.79 Å². The van der Waals surface area contributed by atoms with E-state index in [2.05, 4.69) is 42.6 Å². The second-order valence-electron chi connectivity index (χ2n) is 9.04. The predicted octanol–water partition coefficient (Wildman–Crippen LogP) is 2.57. The summed E-state index contributed by atoms with van der Waals surface area (Å²) in [5, 5.41) is 17.7. The van der Waals surface area contributed by atoms with Crippen LogP contribution in [0.15, 0.2) is 36.4 Å². The van der Waals surface area contributed by atoms with Crippen molar-refractivity contribution in [3.8, 4) is 0 Å². The van der Waals surface area contributed by atoms with Crippen molar-refractivity contribution in [2.45, 2.75) is 36.8 Å². The van der Waals surface area contributed by atoms with Crippen LogP contribution in [-0.4, -0.2) is 42.4 Å². The number of hydroxylamine groups is 3. The Morgan fingerprint density at radius 1 is 1.38 bits per heavy atom.